The Morgan fingerprint density at radius 1 is 0.938 bits per heavy atom. The number of hydrogen-bond acceptors (Lipinski definition) is 5. The van der Waals surface area contributed by atoms with Crippen LogP contribution in [0.1, 0.15) is 31.0 Å². The topological polar surface area (TPSA) is 80.3 Å². The van der Waals surface area contributed by atoms with E-state index in [1.165, 1.54) is 13.0 Å². The van der Waals surface area contributed by atoms with Crippen LogP contribution < -0.4 is 15.4 Å². The zero-order valence-electron chi connectivity index (χ0n) is 17.2. The van der Waals surface area contributed by atoms with Gasteiger partial charge in [0.15, 0.2) is 0 Å². The average molecular weight is 443 g/mol. The van der Waals surface area contributed by atoms with E-state index in [1.807, 2.05) is 0 Å². The van der Waals surface area contributed by atoms with Crippen molar-refractivity contribution in [1.82, 2.24) is 4.98 Å². The molecule has 32 heavy (non-hydrogen) atoms. The predicted octanol–water partition coefficient (Wildman–Crippen LogP) is 5.51. The SMILES string of the molecule is CC(=O)Nc1ccc(OC(=O)C(C)c2ccc(Nc3ccnc(C(F)(F)F)c3)cc2)cc1. The molecule has 2 aromatic carbocycles. The Morgan fingerprint density at radius 2 is 1.56 bits per heavy atom. The molecule has 1 amide bonds. The van der Waals surface area contributed by atoms with Crippen LogP contribution >= 0.6 is 0 Å². The normalized spacial score (nSPS) is 12.0. The standard InChI is InChI=1S/C23H20F3N3O3/c1-14(22(31)32-20-9-7-17(8-10-20)28-15(2)30)16-3-5-18(6-4-16)29-19-11-12-27-21(13-19)23(24,25)26/h3-14H,1-2H3,(H,27,29)(H,28,30). The molecule has 0 aliphatic rings. The van der Waals surface area contributed by atoms with Crippen LogP contribution in [0, 0.1) is 0 Å². The largest absolute Gasteiger partial charge is 0.433 e. The number of alkyl halides is 3. The molecule has 3 rings (SSSR count). The van der Waals surface area contributed by atoms with Crippen LogP contribution in [0.15, 0.2) is 66.9 Å². The fourth-order valence-corrected chi connectivity index (χ4v) is 2.84. The third kappa shape index (κ3) is 6.07. The monoisotopic (exact) mass is 443 g/mol. The second-order valence-corrected chi connectivity index (χ2v) is 7.02. The molecule has 0 fully saturated rings. The van der Waals surface area contributed by atoms with Crippen molar-refractivity contribution in [3.8, 4) is 5.75 Å². The molecular formula is C23H20F3N3O3. The van der Waals surface area contributed by atoms with E-state index in [2.05, 4.69) is 15.6 Å². The summed E-state index contributed by atoms with van der Waals surface area (Å²) in [6.45, 7) is 3.09. The number of carbonyl (C=O) groups excluding carboxylic acids is 2. The van der Waals surface area contributed by atoms with Gasteiger partial charge in [0.2, 0.25) is 5.91 Å². The Morgan fingerprint density at radius 3 is 2.16 bits per heavy atom. The molecule has 0 bridgehead atoms. The summed E-state index contributed by atoms with van der Waals surface area (Å²) in [6.07, 6.45) is -3.44. The molecule has 0 aliphatic heterocycles. The summed E-state index contributed by atoms with van der Waals surface area (Å²) in [4.78, 5) is 26.8. The lowest BCUT2D eigenvalue weighted by molar-refractivity contribution is -0.141. The van der Waals surface area contributed by atoms with E-state index in [1.54, 1.807) is 55.5 Å². The molecule has 0 saturated heterocycles. The Hall–Kier alpha value is -3.88. The molecule has 0 radical (unpaired) electrons. The second kappa shape index (κ2) is 9.51. The summed E-state index contributed by atoms with van der Waals surface area (Å²) < 4.78 is 43.8. The number of ether oxygens (including phenoxy) is 1. The highest BCUT2D eigenvalue weighted by Crippen LogP contribution is 2.30. The Kier molecular flexibility index (Phi) is 6.77. The summed E-state index contributed by atoms with van der Waals surface area (Å²) in [7, 11) is 0. The zero-order chi connectivity index (χ0) is 23.3. The van der Waals surface area contributed by atoms with Gasteiger partial charge in [-0.05, 0) is 61.0 Å². The molecule has 0 aliphatic carbocycles. The van der Waals surface area contributed by atoms with Crippen molar-refractivity contribution in [2.24, 2.45) is 0 Å². The number of hydrogen-bond donors (Lipinski definition) is 2. The van der Waals surface area contributed by atoms with Crippen molar-refractivity contribution in [3.05, 3.63) is 78.1 Å². The number of esters is 1. The molecule has 3 aromatic rings. The number of carbonyl (C=O) groups is 2. The van der Waals surface area contributed by atoms with Gasteiger partial charge in [-0.25, -0.2) is 0 Å². The Balaban J connectivity index is 1.62. The van der Waals surface area contributed by atoms with Crippen LogP contribution in [-0.4, -0.2) is 16.9 Å². The highest BCUT2D eigenvalue weighted by molar-refractivity contribution is 5.88. The third-order valence-corrected chi connectivity index (χ3v) is 4.50. The molecule has 1 aromatic heterocycles. The number of pyridine rings is 1. The van der Waals surface area contributed by atoms with E-state index in [4.69, 9.17) is 4.74 Å². The first-order valence-corrected chi connectivity index (χ1v) is 9.61. The summed E-state index contributed by atoms with van der Waals surface area (Å²) in [5.74, 6) is -0.905. The predicted molar refractivity (Wildman–Crippen MR) is 114 cm³/mol. The van der Waals surface area contributed by atoms with Crippen molar-refractivity contribution in [2.45, 2.75) is 25.9 Å². The summed E-state index contributed by atoms with van der Waals surface area (Å²) in [5.41, 5.74) is 1.09. The number of nitrogens with zero attached hydrogens (tertiary/aromatic N) is 1. The minimum absolute atomic E-state index is 0.203. The first kappa shape index (κ1) is 22.8. The van der Waals surface area contributed by atoms with Gasteiger partial charge >= 0.3 is 12.1 Å². The summed E-state index contributed by atoms with van der Waals surface area (Å²) in [5, 5.41) is 5.51. The van der Waals surface area contributed by atoms with Crippen LogP contribution in [-0.2, 0) is 15.8 Å². The molecule has 1 atom stereocenters. The van der Waals surface area contributed by atoms with E-state index in [-0.39, 0.29) is 11.6 Å². The van der Waals surface area contributed by atoms with Crippen molar-refractivity contribution in [1.29, 1.82) is 0 Å². The number of halogens is 3. The highest BCUT2D eigenvalue weighted by atomic mass is 19.4. The smallest absolute Gasteiger partial charge is 0.426 e. The van der Waals surface area contributed by atoms with Crippen molar-refractivity contribution in [3.63, 3.8) is 0 Å². The summed E-state index contributed by atoms with van der Waals surface area (Å²) in [6, 6.07) is 15.5. The lowest BCUT2D eigenvalue weighted by Gasteiger charge is -2.14. The number of nitrogens with one attached hydrogen (secondary N) is 2. The molecule has 1 unspecified atom stereocenters. The van der Waals surface area contributed by atoms with Gasteiger partial charge < -0.3 is 15.4 Å². The van der Waals surface area contributed by atoms with Gasteiger partial charge in [-0.3, -0.25) is 14.6 Å². The van der Waals surface area contributed by atoms with E-state index in [0.717, 1.165) is 12.3 Å². The first-order chi connectivity index (χ1) is 15.1. The minimum atomic E-state index is -4.53. The van der Waals surface area contributed by atoms with Crippen LogP contribution in [0.3, 0.4) is 0 Å². The molecule has 1 heterocycles. The van der Waals surface area contributed by atoms with Crippen LogP contribution in [0.5, 0.6) is 5.75 Å². The first-order valence-electron chi connectivity index (χ1n) is 9.61. The Labute approximate surface area is 182 Å². The molecule has 2 N–H and O–H groups in total. The van der Waals surface area contributed by atoms with Gasteiger partial charge in [0, 0.05) is 30.2 Å². The van der Waals surface area contributed by atoms with Gasteiger partial charge in [-0.1, -0.05) is 12.1 Å². The fourth-order valence-electron chi connectivity index (χ4n) is 2.84. The van der Waals surface area contributed by atoms with Gasteiger partial charge in [-0.15, -0.1) is 0 Å². The van der Waals surface area contributed by atoms with Gasteiger partial charge in [-0.2, -0.15) is 13.2 Å². The van der Waals surface area contributed by atoms with Crippen molar-refractivity contribution < 1.29 is 27.5 Å². The third-order valence-electron chi connectivity index (χ3n) is 4.50. The van der Waals surface area contributed by atoms with E-state index in [9.17, 15) is 22.8 Å². The number of aromatic nitrogens is 1. The average Bonchev–Trinajstić information content (AvgIpc) is 2.74. The van der Waals surface area contributed by atoms with Gasteiger partial charge in [0.05, 0.1) is 5.92 Å². The molecule has 0 saturated carbocycles. The fraction of sp³-hybridized carbons (Fsp3) is 0.174. The second-order valence-electron chi connectivity index (χ2n) is 7.02. The van der Waals surface area contributed by atoms with Crippen LogP contribution in [0.25, 0.3) is 0 Å². The maximum atomic E-state index is 12.8. The van der Waals surface area contributed by atoms with E-state index < -0.39 is 23.8 Å². The zero-order valence-corrected chi connectivity index (χ0v) is 17.2. The number of anilines is 3. The van der Waals surface area contributed by atoms with Crippen LogP contribution in [0.2, 0.25) is 0 Å². The molecule has 6 nitrogen and oxygen atoms in total. The summed E-state index contributed by atoms with van der Waals surface area (Å²) >= 11 is 0. The number of rotatable bonds is 6. The number of amides is 1. The highest BCUT2D eigenvalue weighted by Gasteiger charge is 2.32. The molecule has 166 valence electrons. The van der Waals surface area contributed by atoms with Crippen LogP contribution in [0.4, 0.5) is 30.2 Å². The molecular weight excluding hydrogens is 423 g/mol. The Bertz CT molecular complexity index is 1100. The quantitative estimate of drug-likeness (QED) is 0.388. The van der Waals surface area contributed by atoms with Gasteiger partial charge in [0.25, 0.3) is 0 Å². The van der Waals surface area contributed by atoms with E-state index in [0.29, 0.717) is 22.7 Å². The van der Waals surface area contributed by atoms with Crippen molar-refractivity contribution >= 4 is 28.9 Å². The lowest BCUT2D eigenvalue weighted by Crippen LogP contribution is -2.16. The minimum Gasteiger partial charge on any atom is -0.426 e. The lowest BCUT2D eigenvalue weighted by atomic mass is 10.0. The maximum Gasteiger partial charge on any atom is 0.433 e. The maximum absolute atomic E-state index is 12.8. The van der Waals surface area contributed by atoms with E-state index >= 15 is 0 Å². The molecule has 0 spiro atoms. The van der Waals surface area contributed by atoms with Gasteiger partial charge in [0.1, 0.15) is 11.4 Å². The molecule has 9 heteroatoms. The van der Waals surface area contributed by atoms with Crippen molar-refractivity contribution in [2.75, 3.05) is 10.6 Å². The number of benzene rings is 2.